The van der Waals surface area contributed by atoms with Crippen LogP contribution in [0.1, 0.15) is 5.82 Å². The van der Waals surface area contributed by atoms with Gasteiger partial charge in [0, 0.05) is 13.8 Å². The zero-order valence-electron chi connectivity index (χ0n) is 6.63. The average molecular weight is 153 g/mol. The normalized spacial score (nSPS) is 9.64. The highest BCUT2D eigenvalue weighted by atomic mass is 15.5. The van der Waals surface area contributed by atoms with E-state index in [1.807, 2.05) is 6.92 Å². The summed E-state index contributed by atoms with van der Waals surface area (Å²) in [5.74, 6) is 1.89. The van der Waals surface area contributed by atoms with Gasteiger partial charge in [0.25, 0.3) is 0 Å². The number of H-pyrrole nitrogens is 1. The van der Waals surface area contributed by atoms with Crippen molar-refractivity contribution in [2.75, 3.05) is 17.8 Å². The summed E-state index contributed by atoms with van der Waals surface area (Å²) in [5.41, 5.74) is 5.57. The zero-order valence-corrected chi connectivity index (χ0v) is 6.63. The SMILES string of the molecule is C=NN(C)c1nc(C)[nH]c1N. The molecule has 0 bridgehead atoms. The van der Waals surface area contributed by atoms with Gasteiger partial charge in [-0.3, -0.25) is 0 Å². The van der Waals surface area contributed by atoms with Gasteiger partial charge in [0.2, 0.25) is 0 Å². The van der Waals surface area contributed by atoms with Crippen molar-refractivity contribution < 1.29 is 0 Å². The van der Waals surface area contributed by atoms with E-state index >= 15 is 0 Å². The number of nitrogen functional groups attached to an aromatic ring is 1. The van der Waals surface area contributed by atoms with Crippen LogP contribution in [0.25, 0.3) is 0 Å². The van der Waals surface area contributed by atoms with Crippen molar-refractivity contribution in [2.24, 2.45) is 5.10 Å². The molecule has 0 aromatic carbocycles. The molecule has 3 N–H and O–H groups in total. The monoisotopic (exact) mass is 153 g/mol. The number of nitrogens with one attached hydrogen (secondary N) is 1. The smallest absolute Gasteiger partial charge is 0.191 e. The van der Waals surface area contributed by atoms with Crippen molar-refractivity contribution in [3.63, 3.8) is 0 Å². The number of hydrogen-bond acceptors (Lipinski definition) is 4. The number of aromatic amines is 1. The third-order valence-electron chi connectivity index (χ3n) is 1.35. The number of aryl methyl sites for hydroxylation is 1. The Morgan fingerprint density at radius 2 is 2.36 bits per heavy atom. The van der Waals surface area contributed by atoms with E-state index in [-0.39, 0.29) is 0 Å². The molecule has 0 saturated heterocycles. The van der Waals surface area contributed by atoms with Gasteiger partial charge in [-0.1, -0.05) is 0 Å². The minimum Gasteiger partial charge on any atom is -0.382 e. The molecule has 0 aliphatic heterocycles. The Labute approximate surface area is 64.9 Å². The van der Waals surface area contributed by atoms with E-state index in [1.165, 1.54) is 5.01 Å². The van der Waals surface area contributed by atoms with Crippen LogP contribution in [0.4, 0.5) is 11.6 Å². The quantitative estimate of drug-likeness (QED) is 0.476. The van der Waals surface area contributed by atoms with E-state index in [4.69, 9.17) is 5.73 Å². The summed E-state index contributed by atoms with van der Waals surface area (Å²) in [7, 11) is 1.74. The largest absolute Gasteiger partial charge is 0.382 e. The predicted molar refractivity (Wildman–Crippen MR) is 45.7 cm³/mol. The molecule has 1 heterocycles. The summed E-state index contributed by atoms with van der Waals surface area (Å²) >= 11 is 0. The highest BCUT2D eigenvalue weighted by Gasteiger charge is 2.07. The third-order valence-corrected chi connectivity index (χ3v) is 1.35. The van der Waals surface area contributed by atoms with Crippen LogP contribution >= 0.6 is 0 Å². The Morgan fingerprint density at radius 1 is 1.73 bits per heavy atom. The lowest BCUT2D eigenvalue weighted by atomic mass is 10.6. The Kier molecular flexibility index (Phi) is 1.80. The minimum absolute atomic E-state index is 0.511. The lowest BCUT2D eigenvalue weighted by Gasteiger charge is -2.07. The second-order valence-electron chi connectivity index (χ2n) is 2.22. The van der Waals surface area contributed by atoms with Crippen LogP contribution in [0.5, 0.6) is 0 Å². The summed E-state index contributed by atoms with van der Waals surface area (Å²) < 4.78 is 0. The first-order valence-electron chi connectivity index (χ1n) is 3.17. The molecule has 0 aliphatic carbocycles. The molecule has 5 heteroatoms. The maximum absolute atomic E-state index is 5.57. The van der Waals surface area contributed by atoms with Crippen molar-refractivity contribution >= 4 is 18.4 Å². The molecule has 1 aromatic rings. The molecule has 11 heavy (non-hydrogen) atoms. The first-order valence-corrected chi connectivity index (χ1v) is 3.17. The van der Waals surface area contributed by atoms with Crippen LogP contribution in [0.2, 0.25) is 0 Å². The minimum atomic E-state index is 0.511. The van der Waals surface area contributed by atoms with Crippen molar-refractivity contribution in [3.05, 3.63) is 5.82 Å². The molecule has 0 fully saturated rings. The molecule has 0 amide bonds. The fourth-order valence-corrected chi connectivity index (χ4v) is 0.811. The van der Waals surface area contributed by atoms with E-state index in [9.17, 15) is 0 Å². The van der Waals surface area contributed by atoms with Gasteiger partial charge in [0.1, 0.15) is 11.6 Å². The molecule has 0 unspecified atom stereocenters. The number of nitrogens with two attached hydrogens (primary N) is 1. The zero-order chi connectivity index (χ0) is 8.43. The molecule has 0 aliphatic rings. The maximum Gasteiger partial charge on any atom is 0.191 e. The maximum atomic E-state index is 5.57. The standard InChI is InChI=1S/C6H11N5/c1-4-9-5(7)6(10-4)11(3)8-2/h2,7H2,1,3H3,(H,9,10). The van der Waals surface area contributed by atoms with Crippen molar-refractivity contribution in [2.45, 2.75) is 6.92 Å². The van der Waals surface area contributed by atoms with Crippen molar-refractivity contribution in [1.29, 1.82) is 0 Å². The van der Waals surface area contributed by atoms with E-state index in [1.54, 1.807) is 7.05 Å². The van der Waals surface area contributed by atoms with Gasteiger partial charge in [-0.05, 0) is 6.92 Å². The van der Waals surface area contributed by atoms with Gasteiger partial charge in [-0.15, -0.1) is 0 Å². The van der Waals surface area contributed by atoms with E-state index in [2.05, 4.69) is 21.8 Å². The van der Waals surface area contributed by atoms with Crippen molar-refractivity contribution in [1.82, 2.24) is 9.97 Å². The molecule has 0 radical (unpaired) electrons. The third kappa shape index (κ3) is 1.31. The molecular formula is C6H11N5. The van der Waals surface area contributed by atoms with Crippen molar-refractivity contribution in [3.8, 4) is 0 Å². The topological polar surface area (TPSA) is 70.3 Å². The van der Waals surface area contributed by atoms with Crippen LogP contribution in [-0.2, 0) is 0 Å². The number of hydrogen-bond donors (Lipinski definition) is 2. The molecule has 60 valence electrons. The number of nitrogens with zero attached hydrogens (tertiary/aromatic N) is 3. The number of rotatable bonds is 2. The Bertz CT molecular complexity index is 264. The Balaban J connectivity index is 3.02. The molecular weight excluding hydrogens is 142 g/mol. The lowest BCUT2D eigenvalue weighted by molar-refractivity contribution is 0.992. The first-order chi connectivity index (χ1) is 5.15. The Morgan fingerprint density at radius 3 is 2.73 bits per heavy atom. The highest BCUT2D eigenvalue weighted by molar-refractivity contribution is 5.58. The summed E-state index contributed by atoms with van der Waals surface area (Å²) in [5, 5.41) is 5.17. The van der Waals surface area contributed by atoms with E-state index < -0.39 is 0 Å². The van der Waals surface area contributed by atoms with Gasteiger partial charge < -0.3 is 10.7 Å². The van der Waals surface area contributed by atoms with Gasteiger partial charge in [0.15, 0.2) is 5.82 Å². The molecule has 0 saturated carbocycles. The number of anilines is 2. The number of hydrazone groups is 1. The lowest BCUT2D eigenvalue weighted by Crippen LogP contribution is -2.09. The summed E-state index contributed by atoms with van der Waals surface area (Å²) in [6.07, 6.45) is 0. The van der Waals surface area contributed by atoms with Crippen LogP contribution in [-0.4, -0.2) is 23.7 Å². The van der Waals surface area contributed by atoms with Crippen LogP contribution < -0.4 is 10.7 Å². The Hall–Kier alpha value is -1.52. The van der Waals surface area contributed by atoms with Gasteiger partial charge in [0.05, 0.1) is 0 Å². The van der Waals surface area contributed by atoms with Crippen LogP contribution in [0.3, 0.4) is 0 Å². The van der Waals surface area contributed by atoms with Gasteiger partial charge >= 0.3 is 0 Å². The van der Waals surface area contributed by atoms with Gasteiger partial charge in [-0.25, -0.2) is 9.99 Å². The van der Waals surface area contributed by atoms with Crippen LogP contribution in [0, 0.1) is 6.92 Å². The second-order valence-corrected chi connectivity index (χ2v) is 2.22. The number of aromatic nitrogens is 2. The average Bonchev–Trinajstić information content (AvgIpc) is 2.28. The predicted octanol–water partition coefficient (Wildman–Crippen LogP) is 0.352. The van der Waals surface area contributed by atoms with Gasteiger partial charge in [-0.2, -0.15) is 5.10 Å². The molecule has 0 atom stereocenters. The number of imidazole rings is 1. The summed E-state index contributed by atoms with van der Waals surface area (Å²) in [6.45, 7) is 5.18. The highest BCUT2D eigenvalue weighted by Crippen LogP contribution is 2.17. The van der Waals surface area contributed by atoms with E-state index in [0.717, 1.165) is 5.82 Å². The first kappa shape index (κ1) is 7.59. The second kappa shape index (κ2) is 2.61. The van der Waals surface area contributed by atoms with E-state index in [0.29, 0.717) is 11.6 Å². The molecule has 1 aromatic heterocycles. The molecule has 1 rings (SSSR count). The fourth-order valence-electron chi connectivity index (χ4n) is 0.811. The molecule has 5 nitrogen and oxygen atoms in total. The summed E-state index contributed by atoms with van der Waals surface area (Å²) in [6, 6.07) is 0. The fraction of sp³-hybridized carbons (Fsp3) is 0.333. The van der Waals surface area contributed by atoms with Crippen LogP contribution in [0.15, 0.2) is 5.10 Å². The molecule has 0 spiro atoms. The summed E-state index contributed by atoms with van der Waals surface area (Å²) in [4.78, 5) is 6.95.